The lowest BCUT2D eigenvalue weighted by Crippen LogP contribution is -2.26. The molecular weight excluding hydrogens is 362 g/mol. The number of esters is 1. The second-order valence-corrected chi connectivity index (χ2v) is 7.51. The standard InChI is InChI=1S/C20H23N3O3S/c1-3-26-20(25)18-15-10-11-23(2)12-16(15)27-19(18)22-17(24)9-6-13-4-7-14(21)8-5-13/h4-9H,3,10-12,21H2,1-2H3,(H,22,24)/b9-6+. The lowest BCUT2D eigenvalue weighted by atomic mass is 10.0. The fourth-order valence-corrected chi connectivity index (χ4v) is 4.29. The number of fused-ring (bicyclic) bond motifs is 1. The molecule has 1 aliphatic rings. The molecule has 2 aromatic rings. The van der Waals surface area contributed by atoms with E-state index >= 15 is 0 Å². The highest BCUT2D eigenvalue weighted by atomic mass is 32.1. The zero-order chi connectivity index (χ0) is 19.4. The largest absolute Gasteiger partial charge is 0.462 e. The molecule has 0 aliphatic carbocycles. The maximum Gasteiger partial charge on any atom is 0.341 e. The van der Waals surface area contributed by atoms with Gasteiger partial charge in [-0.3, -0.25) is 4.79 Å². The van der Waals surface area contributed by atoms with E-state index in [0.717, 1.165) is 35.5 Å². The van der Waals surface area contributed by atoms with Crippen molar-refractivity contribution in [3.8, 4) is 0 Å². The topological polar surface area (TPSA) is 84.7 Å². The van der Waals surface area contributed by atoms with Gasteiger partial charge < -0.3 is 20.7 Å². The van der Waals surface area contributed by atoms with E-state index in [1.165, 1.54) is 17.4 Å². The SMILES string of the molecule is CCOC(=O)c1c(NC(=O)/C=C/c2ccc(N)cc2)sc2c1CCN(C)C2. The Balaban J connectivity index is 1.81. The van der Waals surface area contributed by atoms with Gasteiger partial charge >= 0.3 is 5.97 Å². The number of amides is 1. The Labute approximate surface area is 162 Å². The summed E-state index contributed by atoms with van der Waals surface area (Å²) in [7, 11) is 2.04. The molecule has 142 valence electrons. The van der Waals surface area contributed by atoms with Gasteiger partial charge in [0.05, 0.1) is 12.2 Å². The molecule has 0 bridgehead atoms. The molecule has 3 N–H and O–H groups in total. The van der Waals surface area contributed by atoms with Gasteiger partial charge in [0.25, 0.3) is 0 Å². The van der Waals surface area contributed by atoms with E-state index in [2.05, 4.69) is 10.2 Å². The minimum absolute atomic E-state index is 0.288. The zero-order valence-electron chi connectivity index (χ0n) is 15.5. The van der Waals surface area contributed by atoms with Crippen LogP contribution in [0.1, 0.15) is 33.3 Å². The molecule has 1 aliphatic heterocycles. The average Bonchev–Trinajstić information content (AvgIpc) is 2.98. The van der Waals surface area contributed by atoms with E-state index in [1.807, 2.05) is 19.2 Å². The molecule has 0 unspecified atom stereocenters. The second kappa shape index (κ2) is 8.37. The number of rotatable bonds is 5. The van der Waals surface area contributed by atoms with Gasteiger partial charge in [-0.05, 0) is 49.7 Å². The van der Waals surface area contributed by atoms with E-state index in [4.69, 9.17) is 10.5 Å². The lowest BCUT2D eigenvalue weighted by molar-refractivity contribution is -0.111. The summed E-state index contributed by atoms with van der Waals surface area (Å²) >= 11 is 1.45. The van der Waals surface area contributed by atoms with Crippen LogP contribution in [0.4, 0.5) is 10.7 Å². The van der Waals surface area contributed by atoms with E-state index in [0.29, 0.717) is 22.9 Å². The number of thiophene rings is 1. The van der Waals surface area contributed by atoms with Crippen LogP contribution in [0.25, 0.3) is 6.08 Å². The number of nitrogens with one attached hydrogen (secondary N) is 1. The first kappa shape index (κ1) is 19.1. The second-order valence-electron chi connectivity index (χ2n) is 6.41. The molecule has 2 heterocycles. The number of anilines is 2. The van der Waals surface area contributed by atoms with Crippen LogP contribution in [0, 0.1) is 0 Å². The van der Waals surface area contributed by atoms with Gasteiger partial charge in [-0.2, -0.15) is 0 Å². The molecule has 7 heteroatoms. The first-order valence-corrected chi connectivity index (χ1v) is 9.64. The molecule has 0 spiro atoms. The lowest BCUT2D eigenvalue weighted by Gasteiger charge is -2.22. The molecule has 27 heavy (non-hydrogen) atoms. The van der Waals surface area contributed by atoms with Crippen molar-refractivity contribution in [3.63, 3.8) is 0 Å². The molecule has 0 fully saturated rings. The van der Waals surface area contributed by atoms with Gasteiger partial charge in [-0.15, -0.1) is 11.3 Å². The summed E-state index contributed by atoms with van der Waals surface area (Å²) < 4.78 is 5.21. The molecule has 0 radical (unpaired) electrons. The van der Waals surface area contributed by atoms with Crippen molar-refractivity contribution in [1.29, 1.82) is 0 Å². The van der Waals surface area contributed by atoms with Crippen LogP contribution in [0.3, 0.4) is 0 Å². The summed E-state index contributed by atoms with van der Waals surface area (Å²) in [5.41, 5.74) is 8.70. The minimum atomic E-state index is -0.377. The van der Waals surface area contributed by atoms with Crippen LogP contribution in [0.15, 0.2) is 30.3 Å². The van der Waals surface area contributed by atoms with Crippen molar-refractivity contribution in [3.05, 3.63) is 51.9 Å². The van der Waals surface area contributed by atoms with E-state index < -0.39 is 0 Å². The Morgan fingerprint density at radius 2 is 2.07 bits per heavy atom. The van der Waals surface area contributed by atoms with Gasteiger partial charge in [0, 0.05) is 29.7 Å². The predicted molar refractivity (Wildman–Crippen MR) is 109 cm³/mol. The fraction of sp³-hybridized carbons (Fsp3) is 0.300. The number of nitrogens with zero attached hydrogens (tertiary/aromatic N) is 1. The Morgan fingerprint density at radius 1 is 1.33 bits per heavy atom. The summed E-state index contributed by atoms with van der Waals surface area (Å²) in [6, 6.07) is 7.23. The first-order chi connectivity index (χ1) is 13.0. The summed E-state index contributed by atoms with van der Waals surface area (Å²) in [4.78, 5) is 28.1. The number of benzene rings is 1. The van der Waals surface area contributed by atoms with Crippen molar-refractivity contribution < 1.29 is 14.3 Å². The number of hydrogen-bond acceptors (Lipinski definition) is 6. The molecule has 0 saturated heterocycles. The highest BCUT2D eigenvalue weighted by molar-refractivity contribution is 7.17. The van der Waals surface area contributed by atoms with E-state index in [9.17, 15) is 9.59 Å². The maximum atomic E-state index is 12.5. The Bertz CT molecular complexity index is 871. The first-order valence-electron chi connectivity index (χ1n) is 8.82. The van der Waals surface area contributed by atoms with Crippen molar-refractivity contribution in [2.75, 3.05) is 31.2 Å². The Hall–Kier alpha value is -2.64. The molecule has 6 nitrogen and oxygen atoms in total. The number of likely N-dealkylation sites (N-methyl/N-ethyl adjacent to an activating group) is 1. The fourth-order valence-electron chi connectivity index (χ4n) is 2.97. The van der Waals surface area contributed by atoms with E-state index in [-0.39, 0.29) is 11.9 Å². The van der Waals surface area contributed by atoms with Crippen LogP contribution >= 0.6 is 11.3 Å². The molecule has 1 aromatic carbocycles. The molecule has 1 aromatic heterocycles. The normalized spacial score (nSPS) is 14.1. The van der Waals surface area contributed by atoms with E-state index in [1.54, 1.807) is 25.1 Å². The molecule has 0 saturated carbocycles. The van der Waals surface area contributed by atoms with Gasteiger partial charge in [-0.1, -0.05) is 12.1 Å². The van der Waals surface area contributed by atoms with Crippen LogP contribution in [-0.2, 0) is 22.5 Å². The summed E-state index contributed by atoms with van der Waals surface area (Å²) in [5, 5.41) is 3.41. The third-order valence-corrected chi connectivity index (χ3v) is 5.46. The molecule has 1 amide bonds. The van der Waals surface area contributed by atoms with Crippen molar-refractivity contribution in [1.82, 2.24) is 4.90 Å². The van der Waals surface area contributed by atoms with Gasteiger partial charge in [0.2, 0.25) is 5.91 Å². The Kier molecular flexibility index (Phi) is 5.93. The highest BCUT2D eigenvalue weighted by Crippen LogP contribution is 2.37. The summed E-state index contributed by atoms with van der Waals surface area (Å²) in [6.45, 7) is 3.72. The quantitative estimate of drug-likeness (QED) is 0.469. The number of nitrogens with two attached hydrogens (primary N) is 1. The number of hydrogen-bond donors (Lipinski definition) is 2. The number of ether oxygens (including phenoxy) is 1. The smallest absolute Gasteiger partial charge is 0.341 e. The average molecular weight is 385 g/mol. The van der Waals surface area contributed by atoms with Crippen LogP contribution < -0.4 is 11.1 Å². The molecular formula is C20H23N3O3S. The summed E-state index contributed by atoms with van der Waals surface area (Å²) in [5.74, 6) is -0.665. The number of carbonyl (C=O) groups is 2. The minimum Gasteiger partial charge on any atom is -0.462 e. The predicted octanol–water partition coefficient (Wildman–Crippen LogP) is 3.15. The van der Waals surface area contributed by atoms with Crippen LogP contribution in [-0.4, -0.2) is 37.0 Å². The third-order valence-electron chi connectivity index (χ3n) is 4.33. The summed E-state index contributed by atoms with van der Waals surface area (Å²) in [6.07, 6.45) is 3.93. The highest BCUT2D eigenvalue weighted by Gasteiger charge is 2.28. The maximum absolute atomic E-state index is 12.5. The van der Waals surface area contributed by atoms with Gasteiger partial charge in [-0.25, -0.2) is 4.79 Å². The van der Waals surface area contributed by atoms with Gasteiger partial charge in [0.1, 0.15) is 5.00 Å². The Morgan fingerprint density at radius 3 is 2.78 bits per heavy atom. The van der Waals surface area contributed by atoms with Crippen LogP contribution in [0.2, 0.25) is 0 Å². The van der Waals surface area contributed by atoms with Crippen molar-refractivity contribution >= 4 is 40.0 Å². The monoisotopic (exact) mass is 385 g/mol. The number of nitrogen functional groups attached to an aromatic ring is 1. The third kappa shape index (κ3) is 4.56. The van der Waals surface area contributed by atoms with Crippen molar-refractivity contribution in [2.24, 2.45) is 0 Å². The zero-order valence-corrected chi connectivity index (χ0v) is 16.3. The van der Waals surface area contributed by atoms with Gasteiger partial charge in [0.15, 0.2) is 0 Å². The number of carbonyl (C=O) groups excluding carboxylic acids is 2. The van der Waals surface area contributed by atoms with Crippen LogP contribution in [0.5, 0.6) is 0 Å². The molecule has 3 rings (SSSR count). The molecule has 0 atom stereocenters. The van der Waals surface area contributed by atoms with Crippen molar-refractivity contribution in [2.45, 2.75) is 19.9 Å².